The zero-order valence-corrected chi connectivity index (χ0v) is 14.3. The van der Waals surface area contributed by atoms with E-state index in [2.05, 4.69) is 25.2 Å². The summed E-state index contributed by atoms with van der Waals surface area (Å²) in [6.45, 7) is 3.57. The lowest BCUT2D eigenvalue weighted by Crippen LogP contribution is -2.36. The molecule has 4 rings (SSSR count). The number of benzene rings is 1. The fourth-order valence-electron chi connectivity index (χ4n) is 3.53. The number of piperidine rings is 1. The van der Waals surface area contributed by atoms with Crippen LogP contribution in [0.5, 0.6) is 0 Å². The lowest BCUT2D eigenvalue weighted by atomic mass is 9.98. The van der Waals surface area contributed by atoms with Gasteiger partial charge in [-0.05, 0) is 37.4 Å². The number of nitrogens with zero attached hydrogens (tertiary/aromatic N) is 5. The fourth-order valence-corrected chi connectivity index (χ4v) is 3.53. The Morgan fingerprint density at radius 2 is 2.04 bits per heavy atom. The van der Waals surface area contributed by atoms with E-state index in [1.807, 2.05) is 6.20 Å². The first kappa shape index (κ1) is 16.8. The first-order chi connectivity index (χ1) is 12.7. The summed E-state index contributed by atoms with van der Waals surface area (Å²) in [4.78, 5) is 9.80. The summed E-state index contributed by atoms with van der Waals surface area (Å²) in [6, 6.07) is 3.38. The van der Waals surface area contributed by atoms with Crippen molar-refractivity contribution in [3.63, 3.8) is 0 Å². The van der Waals surface area contributed by atoms with Gasteiger partial charge in [0, 0.05) is 37.1 Å². The fraction of sp³-hybridized carbons (Fsp3) is 0.389. The van der Waals surface area contributed by atoms with Crippen LogP contribution in [0.2, 0.25) is 0 Å². The van der Waals surface area contributed by atoms with Crippen LogP contribution in [-0.2, 0) is 13.1 Å². The van der Waals surface area contributed by atoms with Crippen molar-refractivity contribution in [3.8, 4) is 11.3 Å². The van der Waals surface area contributed by atoms with Gasteiger partial charge in [-0.15, -0.1) is 5.10 Å². The second-order valence-electron chi connectivity index (χ2n) is 6.76. The van der Waals surface area contributed by atoms with Gasteiger partial charge in [0.1, 0.15) is 23.2 Å². The van der Waals surface area contributed by atoms with Crippen LogP contribution >= 0.6 is 0 Å². The average molecular weight is 358 g/mol. The van der Waals surface area contributed by atoms with Gasteiger partial charge in [-0.3, -0.25) is 9.58 Å². The molecule has 3 aromatic rings. The molecule has 0 unspecified atom stereocenters. The molecule has 3 heterocycles. The van der Waals surface area contributed by atoms with Crippen LogP contribution < -0.4 is 0 Å². The van der Waals surface area contributed by atoms with Crippen LogP contribution in [0, 0.1) is 17.6 Å². The number of H-pyrrole nitrogens is 1. The van der Waals surface area contributed by atoms with Gasteiger partial charge < -0.3 is 4.98 Å². The molecule has 26 heavy (non-hydrogen) atoms. The molecule has 0 radical (unpaired) electrons. The van der Waals surface area contributed by atoms with Crippen molar-refractivity contribution in [2.75, 3.05) is 13.1 Å². The molecule has 1 saturated heterocycles. The minimum Gasteiger partial charge on any atom is -0.348 e. The van der Waals surface area contributed by atoms with Gasteiger partial charge in [0.15, 0.2) is 0 Å². The lowest BCUT2D eigenvalue weighted by molar-refractivity contribution is 0.150. The topological polar surface area (TPSA) is 62.6 Å². The summed E-state index contributed by atoms with van der Waals surface area (Å²) in [5, 5.41) is 8.20. The number of aromatic amines is 1. The number of aromatic nitrogens is 5. The largest absolute Gasteiger partial charge is 0.348 e. The van der Waals surface area contributed by atoms with Crippen molar-refractivity contribution >= 4 is 0 Å². The maximum Gasteiger partial charge on any atom is 0.126 e. The Morgan fingerprint density at radius 3 is 2.81 bits per heavy atom. The first-order valence-corrected chi connectivity index (χ1v) is 8.73. The summed E-state index contributed by atoms with van der Waals surface area (Å²) in [5.41, 5.74) is 0.878. The molecule has 8 heteroatoms. The second-order valence-corrected chi connectivity index (χ2v) is 6.76. The number of imidazole rings is 1. The van der Waals surface area contributed by atoms with Gasteiger partial charge in [-0.25, -0.2) is 13.8 Å². The molecule has 0 saturated carbocycles. The smallest absolute Gasteiger partial charge is 0.126 e. The predicted molar refractivity (Wildman–Crippen MR) is 92.0 cm³/mol. The van der Waals surface area contributed by atoms with E-state index in [0.717, 1.165) is 50.9 Å². The van der Waals surface area contributed by atoms with E-state index in [9.17, 15) is 8.78 Å². The van der Waals surface area contributed by atoms with Gasteiger partial charge in [0.2, 0.25) is 0 Å². The van der Waals surface area contributed by atoms with Crippen LogP contribution in [0.1, 0.15) is 18.7 Å². The van der Waals surface area contributed by atoms with E-state index in [0.29, 0.717) is 17.2 Å². The van der Waals surface area contributed by atoms with Crippen molar-refractivity contribution in [1.82, 2.24) is 29.9 Å². The minimum atomic E-state index is -0.615. The maximum atomic E-state index is 13.4. The Morgan fingerprint density at radius 1 is 1.19 bits per heavy atom. The van der Waals surface area contributed by atoms with Crippen LogP contribution in [0.4, 0.5) is 8.78 Å². The van der Waals surface area contributed by atoms with Gasteiger partial charge in [0.25, 0.3) is 0 Å². The average Bonchev–Trinajstić information content (AvgIpc) is 3.26. The first-order valence-electron chi connectivity index (χ1n) is 8.73. The molecular weight excluding hydrogens is 338 g/mol. The predicted octanol–water partition coefficient (Wildman–Crippen LogP) is 2.86. The molecule has 1 aliphatic heterocycles. The van der Waals surface area contributed by atoms with Gasteiger partial charge in [-0.2, -0.15) is 0 Å². The molecule has 6 nitrogen and oxygen atoms in total. The molecule has 136 valence electrons. The summed E-state index contributed by atoms with van der Waals surface area (Å²) >= 11 is 0. The number of hydrogen-bond acceptors (Lipinski definition) is 4. The van der Waals surface area contributed by atoms with Gasteiger partial charge in [-0.1, -0.05) is 5.21 Å². The third kappa shape index (κ3) is 3.96. The monoisotopic (exact) mass is 358 g/mol. The third-order valence-electron chi connectivity index (χ3n) is 4.67. The number of likely N-dealkylation sites (tertiary alicyclic amines) is 1. The normalized spacial score (nSPS) is 18.3. The standard InChI is InChI=1S/C18H20F2N6/c19-15-6-14(7-16(20)8-15)17-11-26(24-23-17)10-13-2-1-5-25(9-13)12-18-21-3-4-22-18/h3-4,6-8,11,13H,1-2,5,9-10,12H2,(H,21,22)/t13-/m1/s1. The van der Waals surface area contributed by atoms with Crippen molar-refractivity contribution < 1.29 is 8.78 Å². The zero-order valence-electron chi connectivity index (χ0n) is 14.3. The van der Waals surface area contributed by atoms with Crippen molar-refractivity contribution in [2.24, 2.45) is 5.92 Å². The molecule has 1 aliphatic rings. The van der Waals surface area contributed by atoms with E-state index < -0.39 is 11.6 Å². The highest BCUT2D eigenvalue weighted by Gasteiger charge is 2.21. The highest BCUT2D eigenvalue weighted by molar-refractivity contribution is 5.57. The van der Waals surface area contributed by atoms with Crippen molar-refractivity contribution in [3.05, 3.63) is 54.2 Å². The maximum absolute atomic E-state index is 13.4. The summed E-state index contributed by atoms with van der Waals surface area (Å²) < 4.78 is 28.5. The molecule has 1 N–H and O–H groups in total. The number of nitrogens with one attached hydrogen (secondary N) is 1. The molecule has 1 fully saturated rings. The van der Waals surface area contributed by atoms with E-state index in [4.69, 9.17) is 0 Å². The highest BCUT2D eigenvalue weighted by atomic mass is 19.1. The van der Waals surface area contributed by atoms with E-state index >= 15 is 0 Å². The van der Waals surface area contributed by atoms with Crippen LogP contribution in [0.25, 0.3) is 11.3 Å². The number of halogens is 2. The Bertz CT molecular complexity index is 840. The Labute approximate surface area is 149 Å². The molecule has 0 aliphatic carbocycles. The second kappa shape index (κ2) is 7.33. The van der Waals surface area contributed by atoms with Crippen LogP contribution in [-0.4, -0.2) is 43.0 Å². The molecule has 0 spiro atoms. The zero-order chi connectivity index (χ0) is 17.9. The summed E-state index contributed by atoms with van der Waals surface area (Å²) in [5.74, 6) is 0.199. The SMILES string of the molecule is Fc1cc(F)cc(-c2cn(C[C@@H]3CCCN(Cc4ncc[nH]4)C3)nn2)c1. The quantitative estimate of drug-likeness (QED) is 0.762. The van der Waals surface area contributed by atoms with Crippen LogP contribution in [0.15, 0.2) is 36.8 Å². The van der Waals surface area contributed by atoms with Gasteiger partial charge in [0.05, 0.1) is 12.7 Å². The number of hydrogen-bond donors (Lipinski definition) is 1. The van der Waals surface area contributed by atoms with Crippen molar-refractivity contribution in [1.29, 1.82) is 0 Å². The lowest BCUT2D eigenvalue weighted by Gasteiger charge is -2.31. The van der Waals surface area contributed by atoms with Crippen molar-refractivity contribution in [2.45, 2.75) is 25.9 Å². The summed E-state index contributed by atoms with van der Waals surface area (Å²) in [6.07, 6.45) is 7.60. The molecule has 0 bridgehead atoms. The van der Waals surface area contributed by atoms with E-state index in [-0.39, 0.29) is 0 Å². The van der Waals surface area contributed by atoms with E-state index in [1.165, 1.54) is 12.1 Å². The Kier molecular flexibility index (Phi) is 4.75. The molecule has 1 atom stereocenters. The molecule has 2 aromatic heterocycles. The highest BCUT2D eigenvalue weighted by Crippen LogP contribution is 2.22. The molecule has 0 amide bonds. The molecule has 1 aromatic carbocycles. The Balaban J connectivity index is 1.40. The van der Waals surface area contributed by atoms with E-state index in [1.54, 1.807) is 17.1 Å². The Hall–Kier alpha value is -2.61. The summed E-state index contributed by atoms with van der Waals surface area (Å²) in [7, 11) is 0. The number of rotatable bonds is 5. The van der Waals surface area contributed by atoms with Crippen LogP contribution in [0.3, 0.4) is 0 Å². The van der Waals surface area contributed by atoms with Gasteiger partial charge >= 0.3 is 0 Å². The molecular formula is C18H20F2N6. The third-order valence-corrected chi connectivity index (χ3v) is 4.67. The minimum absolute atomic E-state index is 0.400.